The summed E-state index contributed by atoms with van der Waals surface area (Å²) in [6.45, 7) is 0. The summed E-state index contributed by atoms with van der Waals surface area (Å²) in [5, 5.41) is 11.2. The van der Waals surface area contributed by atoms with Crippen molar-refractivity contribution in [2.75, 3.05) is 0 Å². The lowest BCUT2D eigenvalue weighted by atomic mass is 10.2. The van der Waals surface area contributed by atoms with E-state index in [9.17, 15) is 14.5 Å². The second kappa shape index (κ2) is 6.07. The van der Waals surface area contributed by atoms with E-state index in [0.717, 1.165) is 18.2 Å². The molecular formula is C13H8Cl2FNO3. The van der Waals surface area contributed by atoms with E-state index in [4.69, 9.17) is 27.9 Å². The number of nitrogens with zero attached hydrogens (tertiary/aromatic N) is 1. The third-order valence-electron chi connectivity index (χ3n) is 2.51. The molecule has 0 N–H and O–H groups in total. The van der Waals surface area contributed by atoms with Gasteiger partial charge < -0.3 is 4.74 Å². The molecule has 7 heteroatoms. The normalized spacial score (nSPS) is 10.3. The number of nitro benzene ring substituents is 1. The smallest absolute Gasteiger partial charge is 0.311 e. The molecule has 2 aromatic carbocycles. The number of hydrogen-bond acceptors (Lipinski definition) is 3. The van der Waals surface area contributed by atoms with Crippen molar-refractivity contribution in [1.29, 1.82) is 0 Å². The summed E-state index contributed by atoms with van der Waals surface area (Å²) in [4.78, 5) is 10.2. The van der Waals surface area contributed by atoms with Crippen LogP contribution >= 0.6 is 23.2 Å². The van der Waals surface area contributed by atoms with Gasteiger partial charge in [0.2, 0.25) is 5.75 Å². The van der Waals surface area contributed by atoms with E-state index in [2.05, 4.69) is 0 Å². The van der Waals surface area contributed by atoms with Crippen LogP contribution in [0, 0.1) is 15.9 Å². The summed E-state index contributed by atoms with van der Waals surface area (Å²) >= 11 is 11.6. The summed E-state index contributed by atoms with van der Waals surface area (Å²) < 4.78 is 18.5. The highest BCUT2D eigenvalue weighted by Crippen LogP contribution is 2.33. The van der Waals surface area contributed by atoms with Gasteiger partial charge in [-0.15, -0.1) is 11.6 Å². The Kier molecular flexibility index (Phi) is 4.42. The molecule has 0 aliphatic rings. The van der Waals surface area contributed by atoms with E-state index >= 15 is 0 Å². The first-order valence-electron chi connectivity index (χ1n) is 5.47. The standard InChI is InChI=1S/C13H8Cl2FNO3/c14-7-8-1-3-10(6-11(8)15)20-13-5-9(16)2-4-12(13)17(18)19/h1-6H,7H2. The topological polar surface area (TPSA) is 52.4 Å². The van der Waals surface area contributed by atoms with Crippen LogP contribution in [0.4, 0.5) is 10.1 Å². The molecule has 0 saturated heterocycles. The summed E-state index contributed by atoms with van der Waals surface area (Å²) in [5.41, 5.74) is 0.373. The van der Waals surface area contributed by atoms with Gasteiger partial charge in [-0.05, 0) is 23.8 Å². The van der Waals surface area contributed by atoms with Crippen molar-refractivity contribution < 1.29 is 14.1 Å². The number of hydrogen-bond donors (Lipinski definition) is 0. The molecule has 0 aromatic heterocycles. The van der Waals surface area contributed by atoms with Crippen LogP contribution in [0.25, 0.3) is 0 Å². The number of nitro groups is 1. The lowest BCUT2D eigenvalue weighted by Crippen LogP contribution is -1.94. The van der Waals surface area contributed by atoms with Crippen LogP contribution in [-0.2, 0) is 5.88 Å². The Labute approximate surface area is 123 Å². The van der Waals surface area contributed by atoms with Crippen molar-refractivity contribution in [2.45, 2.75) is 5.88 Å². The molecule has 2 rings (SSSR count). The first-order chi connectivity index (χ1) is 9.51. The van der Waals surface area contributed by atoms with Crippen molar-refractivity contribution in [2.24, 2.45) is 0 Å². The Bertz CT molecular complexity index is 664. The molecule has 0 radical (unpaired) electrons. The Hall–Kier alpha value is -1.85. The SMILES string of the molecule is O=[N+]([O-])c1ccc(F)cc1Oc1ccc(CCl)c(Cl)c1. The summed E-state index contributed by atoms with van der Waals surface area (Å²) in [7, 11) is 0. The minimum absolute atomic E-state index is 0.190. The highest BCUT2D eigenvalue weighted by Gasteiger charge is 2.17. The van der Waals surface area contributed by atoms with Crippen LogP contribution < -0.4 is 4.74 Å². The third-order valence-corrected chi connectivity index (χ3v) is 3.15. The Morgan fingerprint density at radius 1 is 1.25 bits per heavy atom. The fourth-order valence-corrected chi connectivity index (χ4v) is 2.09. The maximum Gasteiger partial charge on any atom is 0.311 e. The zero-order chi connectivity index (χ0) is 14.7. The molecule has 0 saturated carbocycles. The predicted molar refractivity (Wildman–Crippen MR) is 74.1 cm³/mol. The Morgan fingerprint density at radius 3 is 2.60 bits per heavy atom. The third kappa shape index (κ3) is 3.18. The maximum absolute atomic E-state index is 13.2. The van der Waals surface area contributed by atoms with Crippen molar-refractivity contribution in [3.05, 3.63) is 62.9 Å². The molecule has 0 unspecified atom stereocenters. The first kappa shape index (κ1) is 14.6. The highest BCUT2D eigenvalue weighted by atomic mass is 35.5. The molecule has 0 spiro atoms. The minimum atomic E-state index is -0.649. The van der Waals surface area contributed by atoms with Crippen LogP contribution in [0.15, 0.2) is 36.4 Å². The number of alkyl halides is 1. The van der Waals surface area contributed by atoms with Gasteiger partial charge in [0, 0.05) is 23.0 Å². The second-order valence-electron chi connectivity index (χ2n) is 3.86. The monoisotopic (exact) mass is 315 g/mol. The molecule has 0 aliphatic carbocycles. The van der Waals surface area contributed by atoms with Gasteiger partial charge in [0.25, 0.3) is 0 Å². The van der Waals surface area contributed by atoms with Crippen LogP contribution in [0.5, 0.6) is 11.5 Å². The fourth-order valence-electron chi connectivity index (χ4n) is 1.55. The fraction of sp³-hybridized carbons (Fsp3) is 0.0769. The van der Waals surface area contributed by atoms with Gasteiger partial charge in [0.05, 0.1) is 4.92 Å². The largest absolute Gasteiger partial charge is 0.450 e. The lowest BCUT2D eigenvalue weighted by Gasteiger charge is -2.08. The van der Waals surface area contributed by atoms with E-state index < -0.39 is 10.7 Å². The number of rotatable bonds is 4. The zero-order valence-corrected chi connectivity index (χ0v) is 11.5. The average Bonchev–Trinajstić information content (AvgIpc) is 2.38. The Morgan fingerprint density at radius 2 is 2.00 bits per heavy atom. The van der Waals surface area contributed by atoms with Gasteiger partial charge in [0.1, 0.15) is 11.6 Å². The van der Waals surface area contributed by atoms with Gasteiger partial charge >= 0.3 is 5.69 Å². The summed E-state index contributed by atoms with van der Waals surface area (Å²) in [6, 6.07) is 7.64. The van der Waals surface area contributed by atoms with E-state index in [1.54, 1.807) is 12.1 Å². The van der Waals surface area contributed by atoms with Crippen molar-refractivity contribution in [3.63, 3.8) is 0 Å². The molecule has 0 atom stereocenters. The minimum Gasteiger partial charge on any atom is -0.450 e. The second-order valence-corrected chi connectivity index (χ2v) is 4.53. The molecule has 4 nitrogen and oxygen atoms in total. The average molecular weight is 316 g/mol. The van der Waals surface area contributed by atoms with Crippen LogP contribution in [-0.4, -0.2) is 4.92 Å². The quantitative estimate of drug-likeness (QED) is 0.457. The van der Waals surface area contributed by atoms with Crippen LogP contribution in [0.3, 0.4) is 0 Å². The molecule has 0 bridgehead atoms. The zero-order valence-electron chi connectivity index (χ0n) is 9.98. The van der Waals surface area contributed by atoms with Gasteiger partial charge in [-0.2, -0.15) is 0 Å². The van der Waals surface area contributed by atoms with Crippen molar-refractivity contribution >= 4 is 28.9 Å². The molecular weight excluding hydrogens is 308 g/mol. The van der Waals surface area contributed by atoms with E-state index in [1.165, 1.54) is 6.07 Å². The molecule has 0 fully saturated rings. The van der Waals surface area contributed by atoms with Crippen molar-refractivity contribution in [1.82, 2.24) is 0 Å². The van der Waals surface area contributed by atoms with E-state index in [1.807, 2.05) is 0 Å². The number of halogens is 3. The van der Waals surface area contributed by atoms with Crippen molar-refractivity contribution in [3.8, 4) is 11.5 Å². The maximum atomic E-state index is 13.2. The lowest BCUT2D eigenvalue weighted by molar-refractivity contribution is -0.385. The van der Waals surface area contributed by atoms with Gasteiger partial charge in [-0.1, -0.05) is 17.7 Å². The van der Waals surface area contributed by atoms with Crippen LogP contribution in [0.2, 0.25) is 5.02 Å². The molecule has 104 valence electrons. The molecule has 0 aliphatic heterocycles. The Balaban J connectivity index is 2.36. The van der Waals surface area contributed by atoms with Gasteiger partial charge in [-0.25, -0.2) is 4.39 Å². The molecule has 0 amide bonds. The highest BCUT2D eigenvalue weighted by molar-refractivity contribution is 6.32. The summed E-state index contributed by atoms with van der Waals surface area (Å²) in [6.07, 6.45) is 0. The predicted octanol–water partition coefficient (Wildman–Crippen LogP) is 4.92. The number of benzene rings is 2. The summed E-state index contributed by atoms with van der Waals surface area (Å²) in [5.74, 6) is -0.324. The van der Waals surface area contributed by atoms with Crippen LogP contribution in [0.1, 0.15) is 5.56 Å². The van der Waals surface area contributed by atoms with E-state index in [-0.39, 0.29) is 23.1 Å². The molecule has 20 heavy (non-hydrogen) atoms. The molecule has 2 aromatic rings. The van der Waals surface area contributed by atoms with Gasteiger partial charge in [0.15, 0.2) is 0 Å². The number of ether oxygens (including phenoxy) is 1. The molecule has 0 heterocycles. The van der Waals surface area contributed by atoms with E-state index in [0.29, 0.717) is 10.6 Å². The first-order valence-corrected chi connectivity index (χ1v) is 6.38. The van der Waals surface area contributed by atoms with Gasteiger partial charge in [-0.3, -0.25) is 10.1 Å².